The molecule has 2 aromatic heterocycles. The maximum atomic E-state index is 13.2. The minimum Gasteiger partial charge on any atom is -0.503 e. The number of ether oxygens (including phenoxy) is 1. The van der Waals surface area contributed by atoms with Gasteiger partial charge < -0.3 is 9.84 Å². The topological polar surface area (TPSA) is 42.4 Å². The van der Waals surface area contributed by atoms with Crippen LogP contribution in [0.3, 0.4) is 0 Å². The smallest absolute Gasteiger partial charge is 0.425 e. The number of aryl methyl sites for hydroxylation is 1. The number of hydrogen-bond acceptors (Lipinski definition) is 4. The Balaban J connectivity index is 1.87. The summed E-state index contributed by atoms with van der Waals surface area (Å²) in [4.78, 5) is 3.54. The van der Waals surface area contributed by atoms with Crippen LogP contribution in [-0.2, 0) is 12.8 Å². The molecular weight excluding hydrogens is 389 g/mol. The molecule has 0 radical (unpaired) electrons. The lowest BCUT2D eigenvalue weighted by Crippen LogP contribution is -2.01. The molecule has 0 aliphatic rings. The Kier molecular flexibility index (Phi) is 5.05. The Morgan fingerprint density at radius 1 is 1.07 bits per heavy atom. The Morgan fingerprint density at radius 2 is 1.81 bits per heavy atom. The number of rotatable bonds is 4. The first kappa shape index (κ1) is 19.1. The molecule has 27 heavy (non-hydrogen) atoms. The van der Waals surface area contributed by atoms with Crippen LogP contribution in [0.25, 0.3) is 10.6 Å². The Hall–Kier alpha value is -2.68. The van der Waals surface area contributed by atoms with E-state index in [-0.39, 0.29) is 28.8 Å². The number of benzene rings is 1. The van der Waals surface area contributed by atoms with Gasteiger partial charge in [-0.1, -0.05) is 6.07 Å². The number of hydrogen-bond donors (Lipinski definition) is 1. The quantitative estimate of drug-likeness (QED) is 0.571. The molecule has 0 fully saturated rings. The van der Waals surface area contributed by atoms with E-state index in [1.807, 2.05) is 0 Å². The van der Waals surface area contributed by atoms with Crippen LogP contribution in [-0.4, -0.2) is 10.1 Å². The van der Waals surface area contributed by atoms with Crippen molar-refractivity contribution in [3.8, 4) is 22.2 Å². The summed E-state index contributed by atoms with van der Waals surface area (Å²) in [5, 5.41) is 10.1. The third kappa shape index (κ3) is 4.19. The SMILES string of the molecule is Cc1cc(-c2ccc(C(F)(F)F)s2)nc(OCc2ccc(F)c(F)c2)c1O. The summed E-state index contributed by atoms with van der Waals surface area (Å²) < 4.78 is 69.9. The van der Waals surface area contributed by atoms with Gasteiger partial charge in [0.15, 0.2) is 17.4 Å². The van der Waals surface area contributed by atoms with Crippen molar-refractivity contribution in [1.82, 2.24) is 4.98 Å². The number of pyridine rings is 1. The minimum absolute atomic E-state index is 0.200. The predicted molar refractivity (Wildman–Crippen MR) is 89.6 cm³/mol. The van der Waals surface area contributed by atoms with Gasteiger partial charge in [-0.2, -0.15) is 13.2 Å². The molecule has 3 nitrogen and oxygen atoms in total. The van der Waals surface area contributed by atoms with E-state index in [1.165, 1.54) is 18.2 Å². The van der Waals surface area contributed by atoms with Gasteiger partial charge in [0.2, 0.25) is 0 Å². The molecule has 0 unspecified atom stereocenters. The van der Waals surface area contributed by atoms with Crippen molar-refractivity contribution in [2.24, 2.45) is 0 Å². The van der Waals surface area contributed by atoms with Gasteiger partial charge in [-0.25, -0.2) is 13.8 Å². The summed E-state index contributed by atoms with van der Waals surface area (Å²) in [5.41, 5.74) is 0.849. The van der Waals surface area contributed by atoms with Gasteiger partial charge in [0, 0.05) is 0 Å². The monoisotopic (exact) mass is 401 g/mol. The molecule has 0 aliphatic heterocycles. The minimum atomic E-state index is -4.46. The molecule has 3 aromatic rings. The summed E-state index contributed by atoms with van der Waals surface area (Å²) in [6.07, 6.45) is -4.46. The second-order valence-electron chi connectivity index (χ2n) is 5.68. The number of alkyl halides is 3. The Bertz CT molecular complexity index is 984. The van der Waals surface area contributed by atoms with E-state index >= 15 is 0 Å². The van der Waals surface area contributed by atoms with Gasteiger partial charge in [0.1, 0.15) is 11.5 Å². The number of aromatic nitrogens is 1. The van der Waals surface area contributed by atoms with E-state index in [4.69, 9.17) is 4.74 Å². The maximum absolute atomic E-state index is 13.2. The van der Waals surface area contributed by atoms with Crippen molar-refractivity contribution in [3.05, 3.63) is 64.0 Å². The average molecular weight is 401 g/mol. The Morgan fingerprint density at radius 3 is 2.44 bits per heavy atom. The molecular formula is C18H12F5NO2S. The largest absolute Gasteiger partial charge is 0.503 e. The zero-order valence-corrected chi connectivity index (χ0v) is 14.6. The number of aromatic hydroxyl groups is 1. The zero-order valence-electron chi connectivity index (χ0n) is 13.8. The van der Waals surface area contributed by atoms with Gasteiger partial charge in [-0.05, 0) is 48.4 Å². The third-order valence-corrected chi connectivity index (χ3v) is 4.80. The lowest BCUT2D eigenvalue weighted by molar-refractivity contribution is -0.134. The molecule has 142 valence electrons. The van der Waals surface area contributed by atoms with Crippen LogP contribution in [0.1, 0.15) is 16.0 Å². The number of thiophene rings is 1. The second-order valence-corrected chi connectivity index (χ2v) is 6.76. The van der Waals surface area contributed by atoms with E-state index in [1.54, 1.807) is 6.92 Å². The van der Waals surface area contributed by atoms with Crippen LogP contribution in [0.4, 0.5) is 22.0 Å². The first-order valence-corrected chi connectivity index (χ1v) is 8.41. The van der Waals surface area contributed by atoms with Crippen molar-refractivity contribution in [2.75, 3.05) is 0 Å². The van der Waals surface area contributed by atoms with Crippen LogP contribution in [0.5, 0.6) is 11.6 Å². The lowest BCUT2D eigenvalue weighted by atomic mass is 10.2. The fourth-order valence-electron chi connectivity index (χ4n) is 2.27. The molecule has 0 saturated carbocycles. The molecule has 1 aromatic carbocycles. The molecule has 9 heteroatoms. The molecule has 0 amide bonds. The van der Waals surface area contributed by atoms with E-state index < -0.39 is 22.7 Å². The zero-order chi connectivity index (χ0) is 19.8. The van der Waals surface area contributed by atoms with Crippen molar-refractivity contribution in [1.29, 1.82) is 0 Å². The highest BCUT2D eigenvalue weighted by Gasteiger charge is 2.32. The standard InChI is InChI=1S/C18H12F5NO2S/c1-9-6-13(14-4-5-15(27-14)18(21,22)23)24-17(16(9)25)26-8-10-2-3-11(19)12(20)7-10/h2-7,25H,8H2,1H3. The van der Waals surface area contributed by atoms with Crippen molar-refractivity contribution in [3.63, 3.8) is 0 Å². The van der Waals surface area contributed by atoms with Gasteiger partial charge in [-0.3, -0.25) is 0 Å². The first-order chi connectivity index (χ1) is 12.6. The summed E-state index contributed by atoms with van der Waals surface area (Å²) in [6.45, 7) is 1.34. The van der Waals surface area contributed by atoms with Crippen LogP contribution in [0.2, 0.25) is 0 Å². The number of nitrogens with zero attached hydrogens (tertiary/aromatic N) is 1. The molecule has 0 atom stereocenters. The van der Waals surface area contributed by atoms with Crippen LogP contribution >= 0.6 is 11.3 Å². The van der Waals surface area contributed by atoms with Gasteiger partial charge in [0.05, 0.1) is 10.6 Å². The van der Waals surface area contributed by atoms with E-state index in [0.29, 0.717) is 22.5 Å². The molecule has 2 heterocycles. The summed E-state index contributed by atoms with van der Waals surface area (Å²) in [6, 6.07) is 6.86. The molecule has 1 N–H and O–H groups in total. The van der Waals surface area contributed by atoms with Gasteiger partial charge >= 0.3 is 6.18 Å². The van der Waals surface area contributed by atoms with Gasteiger partial charge in [-0.15, -0.1) is 11.3 Å². The van der Waals surface area contributed by atoms with E-state index in [0.717, 1.165) is 18.2 Å². The first-order valence-electron chi connectivity index (χ1n) is 7.60. The van der Waals surface area contributed by atoms with Crippen molar-refractivity contribution in [2.45, 2.75) is 19.7 Å². The van der Waals surface area contributed by atoms with E-state index in [9.17, 15) is 27.1 Å². The lowest BCUT2D eigenvalue weighted by Gasteiger charge is -2.11. The molecule has 0 bridgehead atoms. The Labute approximate surface area is 154 Å². The second kappa shape index (κ2) is 7.15. The van der Waals surface area contributed by atoms with Crippen molar-refractivity contribution < 1.29 is 31.8 Å². The molecule has 0 saturated heterocycles. The summed E-state index contributed by atoms with van der Waals surface area (Å²) in [7, 11) is 0. The predicted octanol–water partition coefficient (Wildman–Crippen LogP) is 5.70. The normalized spacial score (nSPS) is 11.6. The summed E-state index contributed by atoms with van der Waals surface area (Å²) >= 11 is 0.518. The van der Waals surface area contributed by atoms with Crippen molar-refractivity contribution >= 4 is 11.3 Å². The molecule has 3 rings (SSSR count). The van der Waals surface area contributed by atoms with E-state index in [2.05, 4.69) is 4.98 Å². The highest BCUT2D eigenvalue weighted by atomic mass is 32.1. The maximum Gasteiger partial charge on any atom is 0.425 e. The highest BCUT2D eigenvalue weighted by Crippen LogP contribution is 2.40. The third-order valence-electron chi connectivity index (χ3n) is 3.65. The van der Waals surface area contributed by atoms with Crippen LogP contribution in [0.15, 0.2) is 36.4 Å². The highest BCUT2D eigenvalue weighted by molar-refractivity contribution is 7.15. The fourth-order valence-corrected chi connectivity index (χ4v) is 3.11. The number of halogens is 5. The summed E-state index contributed by atoms with van der Waals surface area (Å²) in [5.74, 6) is -2.54. The average Bonchev–Trinajstić information content (AvgIpc) is 3.09. The van der Waals surface area contributed by atoms with Crippen LogP contribution < -0.4 is 4.74 Å². The fraction of sp³-hybridized carbons (Fsp3) is 0.167. The van der Waals surface area contributed by atoms with Gasteiger partial charge in [0.25, 0.3) is 5.88 Å². The molecule has 0 aliphatic carbocycles. The van der Waals surface area contributed by atoms with Crippen LogP contribution in [0, 0.1) is 18.6 Å². The molecule has 0 spiro atoms.